The molecule has 0 saturated carbocycles. The van der Waals surface area contributed by atoms with E-state index in [2.05, 4.69) is 0 Å². The van der Waals surface area contributed by atoms with Gasteiger partial charge in [0, 0.05) is 17.9 Å². The maximum absolute atomic E-state index is 13.0. The van der Waals surface area contributed by atoms with E-state index in [4.69, 9.17) is 33.2 Å². The maximum atomic E-state index is 13.0. The van der Waals surface area contributed by atoms with E-state index in [1.54, 1.807) is 6.92 Å². The Hall–Kier alpha value is -3.40. The van der Waals surface area contributed by atoms with Crippen molar-refractivity contribution in [1.29, 1.82) is 0 Å². The van der Waals surface area contributed by atoms with Crippen molar-refractivity contribution < 1.29 is 88.7 Å². The topological polar surface area (TPSA) is 281 Å². The van der Waals surface area contributed by atoms with Crippen LogP contribution in [0.1, 0.15) is 18.9 Å². The normalized spacial score (nSPS) is 35.6. The van der Waals surface area contributed by atoms with Gasteiger partial charge in [0.1, 0.15) is 48.8 Å². The highest BCUT2D eigenvalue weighted by Crippen LogP contribution is 2.36. The Morgan fingerprint density at radius 1 is 0.878 bits per heavy atom. The molecular formula is C31H42O18. The fourth-order valence-corrected chi connectivity index (χ4v) is 5.54. The van der Waals surface area contributed by atoms with Gasteiger partial charge in [-0.3, -0.25) is 4.79 Å². The van der Waals surface area contributed by atoms with Crippen LogP contribution in [0.15, 0.2) is 41.7 Å². The van der Waals surface area contributed by atoms with Gasteiger partial charge in [0.25, 0.3) is 0 Å². The number of hydrogen-bond donors (Lipinski definition) is 9. The zero-order valence-electron chi connectivity index (χ0n) is 26.5. The molecule has 0 radical (unpaired) electrons. The number of aliphatic hydroxyl groups is 8. The molecule has 0 aliphatic carbocycles. The number of allylic oxidation sites excluding steroid dienone is 1. The standard InChI is InChI=1S/C31H42O18/c1-3-14-15(16(28(42)43-2)12-45-29(14)49-31-27(41)25(39)23(37)20(11-33)48-31)9-21(35)44-7-6-13-4-5-18(17(34)8-13)46-30-26(40)24(38)22(36)19(10-32)47-30/h3-5,8,12,15,19-20,22-27,29-34,36-41H,6-7,9-11H2,1-2H3/b14-3+/t15-,19-,20-,22-,23-,24+,25+,26-,27-,29+,30-,31+/m1/s1. The van der Waals surface area contributed by atoms with Crippen LogP contribution in [0.5, 0.6) is 11.5 Å². The molecule has 18 heteroatoms. The smallest absolute Gasteiger partial charge is 0.337 e. The number of carbonyl (C=O) groups is 2. The highest BCUT2D eigenvalue weighted by atomic mass is 16.8. The molecular weight excluding hydrogens is 660 g/mol. The molecule has 4 rings (SSSR count). The first kappa shape index (κ1) is 38.4. The third-order valence-corrected chi connectivity index (χ3v) is 8.37. The molecule has 1 aromatic rings. The number of aliphatic hydroxyl groups excluding tert-OH is 8. The van der Waals surface area contributed by atoms with Gasteiger partial charge < -0.3 is 79.1 Å². The van der Waals surface area contributed by atoms with Crippen molar-refractivity contribution in [1.82, 2.24) is 0 Å². The largest absolute Gasteiger partial charge is 0.504 e. The molecule has 0 amide bonds. The average Bonchev–Trinajstić information content (AvgIpc) is 3.09. The van der Waals surface area contributed by atoms with E-state index in [0.717, 1.165) is 13.4 Å². The molecule has 12 atom stereocenters. The number of ether oxygens (including phenoxy) is 7. The zero-order valence-corrected chi connectivity index (χ0v) is 26.5. The number of esters is 2. The van der Waals surface area contributed by atoms with Gasteiger partial charge >= 0.3 is 11.9 Å². The van der Waals surface area contributed by atoms with Gasteiger partial charge in [-0.25, -0.2) is 4.79 Å². The lowest BCUT2D eigenvalue weighted by molar-refractivity contribution is -0.327. The fraction of sp³-hybridized carbons (Fsp3) is 0.613. The summed E-state index contributed by atoms with van der Waals surface area (Å²) in [5.41, 5.74) is 0.715. The summed E-state index contributed by atoms with van der Waals surface area (Å²) >= 11 is 0. The summed E-state index contributed by atoms with van der Waals surface area (Å²) in [5.74, 6) is -3.02. The lowest BCUT2D eigenvalue weighted by atomic mass is 9.86. The third-order valence-electron chi connectivity index (χ3n) is 8.37. The summed E-state index contributed by atoms with van der Waals surface area (Å²) in [4.78, 5) is 25.5. The molecule has 0 bridgehead atoms. The number of phenolic OH excluding ortho intramolecular Hbond substituents is 1. The Morgan fingerprint density at radius 2 is 1.49 bits per heavy atom. The summed E-state index contributed by atoms with van der Waals surface area (Å²) in [6.45, 7) is 0.0864. The van der Waals surface area contributed by atoms with E-state index in [1.165, 1.54) is 24.3 Å². The Morgan fingerprint density at radius 3 is 2.06 bits per heavy atom. The second-order valence-electron chi connectivity index (χ2n) is 11.5. The summed E-state index contributed by atoms with van der Waals surface area (Å²) < 4.78 is 37.6. The van der Waals surface area contributed by atoms with Gasteiger partial charge in [-0.05, 0) is 24.6 Å². The summed E-state index contributed by atoms with van der Waals surface area (Å²) in [6.07, 6.45) is -14.6. The van der Waals surface area contributed by atoms with Gasteiger partial charge in [-0.1, -0.05) is 12.1 Å². The lowest BCUT2D eigenvalue weighted by Gasteiger charge is -2.41. The van der Waals surface area contributed by atoms with Crippen LogP contribution in [0, 0.1) is 5.92 Å². The van der Waals surface area contributed by atoms with Crippen molar-refractivity contribution >= 4 is 11.9 Å². The van der Waals surface area contributed by atoms with Crippen LogP contribution in [-0.2, 0) is 44.4 Å². The molecule has 2 saturated heterocycles. The Kier molecular flexibility index (Phi) is 13.3. The van der Waals surface area contributed by atoms with Gasteiger partial charge in [0.2, 0.25) is 12.6 Å². The monoisotopic (exact) mass is 702 g/mol. The van der Waals surface area contributed by atoms with Gasteiger partial charge in [0.05, 0.1) is 45.2 Å². The van der Waals surface area contributed by atoms with E-state index >= 15 is 0 Å². The highest BCUT2D eigenvalue weighted by Gasteiger charge is 2.47. The highest BCUT2D eigenvalue weighted by molar-refractivity contribution is 5.90. The van der Waals surface area contributed by atoms with Crippen LogP contribution in [0.3, 0.4) is 0 Å². The molecule has 18 nitrogen and oxygen atoms in total. The predicted molar refractivity (Wildman–Crippen MR) is 159 cm³/mol. The minimum Gasteiger partial charge on any atom is -0.504 e. The van der Waals surface area contributed by atoms with Crippen LogP contribution in [0.2, 0.25) is 0 Å². The molecule has 3 heterocycles. The molecule has 9 N–H and O–H groups in total. The first-order valence-electron chi connectivity index (χ1n) is 15.4. The predicted octanol–water partition coefficient (Wildman–Crippen LogP) is -3.16. The van der Waals surface area contributed by atoms with Crippen molar-refractivity contribution in [2.45, 2.75) is 87.5 Å². The third kappa shape index (κ3) is 8.67. The molecule has 0 spiro atoms. The minimum absolute atomic E-state index is 0.0406. The Balaban J connectivity index is 1.37. The molecule has 1 aromatic carbocycles. The molecule has 2 fully saturated rings. The van der Waals surface area contributed by atoms with E-state index < -0.39 is 98.8 Å². The molecule has 274 valence electrons. The van der Waals surface area contributed by atoms with E-state index in [9.17, 15) is 55.5 Å². The number of hydrogen-bond acceptors (Lipinski definition) is 18. The number of phenols is 1. The van der Waals surface area contributed by atoms with E-state index in [0.29, 0.717) is 5.56 Å². The lowest BCUT2D eigenvalue weighted by Crippen LogP contribution is -2.60. The maximum Gasteiger partial charge on any atom is 0.337 e. The quantitative estimate of drug-likeness (QED) is 0.0767. The summed E-state index contributed by atoms with van der Waals surface area (Å²) in [5, 5.41) is 90.0. The summed E-state index contributed by atoms with van der Waals surface area (Å²) in [7, 11) is 1.14. The molecule has 0 unspecified atom stereocenters. The molecule has 3 aliphatic rings. The van der Waals surface area contributed by atoms with Crippen molar-refractivity contribution in [3.05, 3.63) is 47.2 Å². The Labute approximate surface area is 279 Å². The number of carbonyl (C=O) groups excluding carboxylic acids is 2. The van der Waals surface area contributed by atoms with Crippen molar-refractivity contribution in [2.24, 2.45) is 5.92 Å². The van der Waals surface area contributed by atoms with Crippen molar-refractivity contribution in [2.75, 3.05) is 26.9 Å². The first-order valence-corrected chi connectivity index (χ1v) is 15.4. The average molecular weight is 703 g/mol. The SMILES string of the molecule is C/C=C1/[C@H](O[C@@H]2O[C@H](CO)[C@@H](O)[C@H](O)[C@H]2O)OC=C(C(=O)OC)[C@@H]1CC(=O)OCCc1ccc(O[C@@H]2O[C@H](CO)[C@@H](O)[C@H](O)[C@H]2O)c(O)c1. The number of aromatic hydroxyl groups is 1. The second-order valence-corrected chi connectivity index (χ2v) is 11.5. The van der Waals surface area contributed by atoms with Crippen molar-refractivity contribution in [3.8, 4) is 11.5 Å². The van der Waals surface area contributed by atoms with Crippen LogP contribution in [0.4, 0.5) is 0 Å². The number of methoxy groups -OCH3 is 1. The van der Waals surface area contributed by atoms with E-state index in [-0.39, 0.29) is 42.1 Å². The second kappa shape index (κ2) is 17.0. The minimum atomic E-state index is -1.73. The van der Waals surface area contributed by atoms with Crippen molar-refractivity contribution in [3.63, 3.8) is 0 Å². The Bertz CT molecular complexity index is 1350. The zero-order chi connectivity index (χ0) is 36.0. The fourth-order valence-electron chi connectivity index (χ4n) is 5.54. The van der Waals surface area contributed by atoms with Gasteiger partial charge in [-0.2, -0.15) is 0 Å². The summed E-state index contributed by atoms with van der Waals surface area (Å²) in [6, 6.07) is 4.18. The number of benzene rings is 1. The molecule has 49 heavy (non-hydrogen) atoms. The van der Waals surface area contributed by atoms with Crippen LogP contribution in [0.25, 0.3) is 0 Å². The van der Waals surface area contributed by atoms with Gasteiger partial charge in [0.15, 0.2) is 17.8 Å². The van der Waals surface area contributed by atoms with Crippen LogP contribution in [-0.4, -0.2) is 153 Å². The van der Waals surface area contributed by atoms with E-state index in [1.807, 2.05) is 0 Å². The number of rotatable bonds is 12. The van der Waals surface area contributed by atoms with Gasteiger partial charge in [-0.15, -0.1) is 0 Å². The van der Waals surface area contributed by atoms with Crippen LogP contribution >= 0.6 is 0 Å². The first-order chi connectivity index (χ1) is 23.3. The molecule has 0 aromatic heterocycles. The van der Waals surface area contributed by atoms with Crippen LogP contribution < -0.4 is 4.74 Å². The molecule has 3 aliphatic heterocycles.